The van der Waals surface area contributed by atoms with Crippen molar-refractivity contribution in [1.82, 2.24) is 9.97 Å². The number of aryl methyl sites for hydroxylation is 3. The topological polar surface area (TPSA) is 37.8 Å². The maximum Gasteiger partial charge on any atom is 0.139 e. The summed E-state index contributed by atoms with van der Waals surface area (Å²) in [5, 5.41) is 4.77. The smallest absolute Gasteiger partial charge is 0.139 e. The zero-order chi connectivity index (χ0) is 14.2. The lowest BCUT2D eigenvalue weighted by atomic mass is 10.2. The zero-order valence-corrected chi connectivity index (χ0v) is 12.8. The molecule has 21 heavy (non-hydrogen) atoms. The Balaban J connectivity index is 1.73. The minimum Gasteiger partial charge on any atom is -0.365 e. The molecular formula is C17H17N3S. The number of benzene rings is 1. The van der Waals surface area contributed by atoms with Crippen molar-refractivity contribution < 1.29 is 0 Å². The Labute approximate surface area is 128 Å². The van der Waals surface area contributed by atoms with Gasteiger partial charge in [0.15, 0.2) is 0 Å². The summed E-state index contributed by atoms with van der Waals surface area (Å²) in [5.41, 5.74) is 2.75. The highest BCUT2D eigenvalue weighted by atomic mass is 32.1. The molecule has 0 amide bonds. The Morgan fingerprint density at radius 2 is 2.00 bits per heavy atom. The highest BCUT2D eigenvalue weighted by molar-refractivity contribution is 7.19. The third kappa shape index (κ3) is 2.29. The Morgan fingerprint density at radius 3 is 2.86 bits per heavy atom. The maximum atomic E-state index is 4.65. The number of nitrogens with zero attached hydrogens (tertiary/aromatic N) is 2. The number of hydrogen-bond acceptors (Lipinski definition) is 4. The molecule has 0 saturated carbocycles. The summed E-state index contributed by atoms with van der Waals surface area (Å²) >= 11 is 1.85. The van der Waals surface area contributed by atoms with Gasteiger partial charge in [0.25, 0.3) is 0 Å². The van der Waals surface area contributed by atoms with E-state index >= 15 is 0 Å². The van der Waals surface area contributed by atoms with Gasteiger partial charge in [0.05, 0.1) is 5.39 Å². The van der Waals surface area contributed by atoms with Crippen LogP contribution in [0.5, 0.6) is 0 Å². The predicted octanol–water partition coefficient (Wildman–Crippen LogP) is 4.10. The third-order valence-electron chi connectivity index (χ3n) is 3.98. The van der Waals surface area contributed by atoms with Crippen LogP contribution in [0.3, 0.4) is 0 Å². The van der Waals surface area contributed by atoms with E-state index in [0.717, 1.165) is 23.0 Å². The van der Waals surface area contributed by atoms with Crippen molar-refractivity contribution in [2.24, 2.45) is 0 Å². The van der Waals surface area contributed by atoms with E-state index in [1.807, 2.05) is 24.3 Å². The highest BCUT2D eigenvalue weighted by Crippen LogP contribution is 2.39. The second-order valence-corrected chi connectivity index (χ2v) is 6.58. The fourth-order valence-electron chi connectivity index (χ4n) is 3.01. The number of thiophene rings is 1. The van der Waals surface area contributed by atoms with Crippen LogP contribution in [0.4, 0.5) is 5.82 Å². The molecule has 2 aromatic heterocycles. The highest BCUT2D eigenvalue weighted by Gasteiger charge is 2.21. The summed E-state index contributed by atoms with van der Waals surface area (Å²) in [6.07, 6.45) is 3.64. The van der Waals surface area contributed by atoms with Crippen molar-refractivity contribution in [2.45, 2.75) is 32.7 Å². The van der Waals surface area contributed by atoms with Gasteiger partial charge in [0, 0.05) is 11.4 Å². The van der Waals surface area contributed by atoms with Gasteiger partial charge >= 0.3 is 0 Å². The fraction of sp³-hybridized carbons (Fsp3) is 0.294. The van der Waals surface area contributed by atoms with E-state index in [-0.39, 0.29) is 0 Å². The molecule has 0 unspecified atom stereocenters. The summed E-state index contributed by atoms with van der Waals surface area (Å²) in [5.74, 6) is 1.85. The van der Waals surface area contributed by atoms with E-state index in [9.17, 15) is 0 Å². The van der Waals surface area contributed by atoms with Gasteiger partial charge < -0.3 is 5.32 Å². The van der Waals surface area contributed by atoms with Crippen molar-refractivity contribution in [2.75, 3.05) is 5.32 Å². The normalized spacial score (nSPS) is 13.6. The molecule has 1 aromatic carbocycles. The second kappa shape index (κ2) is 5.11. The molecule has 0 bridgehead atoms. The van der Waals surface area contributed by atoms with E-state index in [0.29, 0.717) is 0 Å². The largest absolute Gasteiger partial charge is 0.365 e. The number of fused-ring (bicyclic) bond motifs is 3. The minimum absolute atomic E-state index is 0.803. The maximum absolute atomic E-state index is 4.65. The first-order valence-corrected chi connectivity index (χ1v) is 8.19. The van der Waals surface area contributed by atoms with Crippen LogP contribution in [0.2, 0.25) is 0 Å². The third-order valence-corrected chi connectivity index (χ3v) is 5.16. The van der Waals surface area contributed by atoms with Crippen LogP contribution in [0, 0.1) is 6.92 Å². The molecule has 4 rings (SSSR count). The van der Waals surface area contributed by atoms with Gasteiger partial charge in [-0.2, -0.15) is 0 Å². The molecule has 0 aliphatic heterocycles. The SMILES string of the molecule is Cc1nc(NCc2ccccc2)c2c3c(sc2n1)CCC3. The van der Waals surface area contributed by atoms with E-state index in [1.165, 1.54) is 40.7 Å². The number of hydrogen-bond donors (Lipinski definition) is 1. The van der Waals surface area contributed by atoms with Crippen LogP contribution in [-0.2, 0) is 19.4 Å². The van der Waals surface area contributed by atoms with Crippen LogP contribution in [0.1, 0.15) is 28.2 Å². The first kappa shape index (κ1) is 12.8. The van der Waals surface area contributed by atoms with Gasteiger partial charge in [0.2, 0.25) is 0 Å². The molecule has 4 heteroatoms. The second-order valence-electron chi connectivity index (χ2n) is 5.50. The van der Waals surface area contributed by atoms with Crippen molar-refractivity contribution in [1.29, 1.82) is 0 Å². The predicted molar refractivity (Wildman–Crippen MR) is 87.9 cm³/mol. The lowest BCUT2D eigenvalue weighted by molar-refractivity contribution is 0.916. The Morgan fingerprint density at radius 1 is 1.14 bits per heavy atom. The van der Waals surface area contributed by atoms with Crippen molar-refractivity contribution in [3.8, 4) is 0 Å². The first-order chi connectivity index (χ1) is 10.3. The number of rotatable bonds is 3. The number of anilines is 1. The van der Waals surface area contributed by atoms with Gasteiger partial charge in [-0.05, 0) is 37.3 Å². The molecule has 0 saturated heterocycles. The lowest BCUT2D eigenvalue weighted by Gasteiger charge is -2.09. The number of aromatic nitrogens is 2. The average molecular weight is 295 g/mol. The van der Waals surface area contributed by atoms with Gasteiger partial charge in [0.1, 0.15) is 16.5 Å². The summed E-state index contributed by atoms with van der Waals surface area (Å²) in [6.45, 7) is 2.77. The fourth-order valence-corrected chi connectivity index (χ4v) is 4.32. The standard InChI is InChI=1S/C17H17N3S/c1-11-19-16(18-10-12-6-3-2-4-7-12)15-13-8-5-9-14(13)21-17(15)20-11/h2-4,6-7H,5,8-10H2,1H3,(H,18,19,20). The van der Waals surface area contributed by atoms with Crippen LogP contribution in [0.25, 0.3) is 10.2 Å². The summed E-state index contributed by atoms with van der Waals surface area (Å²) in [7, 11) is 0. The minimum atomic E-state index is 0.803. The molecule has 3 aromatic rings. The molecule has 3 nitrogen and oxygen atoms in total. The summed E-state index contributed by atoms with van der Waals surface area (Å²) in [4.78, 5) is 11.9. The van der Waals surface area contributed by atoms with Crippen molar-refractivity contribution in [3.05, 3.63) is 52.2 Å². The molecule has 2 heterocycles. The molecule has 0 atom stereocenters. The Kier molecular flexibility index (Phi) is 3.11. The van der Waals surface area contributed by atoms with E-state index in [1.54, 1.807) is 0 Å². The average Bonchev–Trinajstić information content (AvgIpc) is 3.06. The van der Waals surface area contributed by atoms with Gasteiger partial charge in [-0.1, -0.05) is 30.3 Å². The van der Waals surface area contributed by atoms with Crippen LogP contribution < -0.4 is 5.32 Å². The molecule has 1 N–H and O–H groups in total. The number of nitrogens with one attached hydrogen (secondary N) is 1. The van der Waals surface area contributed by atoms with Crippen LogP contribution in [0.15, 0.2) is 30.3 Å². The molecule has 0 radical (unpaired) electrons. The molecule has 106 valence electrons. The summed E-state index contributed by atoms with van der Waals surface area (Å²) in [6, 6.07) is 10.5. The van der Waals surface area contributed by atoms with Crippen molar-refractivity contribution >= 4 is 27.4 Å². The van der Waals surface area contributed by atoms with Crippen LogP contribution >= 0.6 is 11.3 Å². The molecular weight excluding hydrogens is 278 g/mol. The Bertz CT molecular complexity index is 793. The molecule has 0 fully saturated rings. The molecule has 1 aliphatic carbocycles. The van der Waals surface area contributed by atoms with E-state index < -0.39 is 0 Å². The summed E-state index contributed by atoms with van der Waals surface area (Å²) < 4.78 is 0. The quantitative estimate of drug-likeness (QED) is 0.790. The van der Waals surface area contributed by atoms with Gasteiger partial charge in [-0.3, -0.25) is 0 Å². The Hall–Kier alpha value is -1.94. The zero-order valence-electron chi connectivity index (χ0n) is 12.0. The van der Waals surface area contributed by atoms with Crippen LogP contribution in [-0.4, -0.2) is 9.97 Å². The van der Waals surface area contributed by atoms with E-state index in [2.05, 4.69) is 39.6 Å². The lowest BCUT2D eigenvalue weighted by Crippen LogP contribution is -2.04. The van der Waals surface area contributed by atoms with Gasteiger partial charge in [-0.25, -0.2) is 9.97 Å². The van der Waals surface area contributed by atoms with Gasteiger partial charge in [-0.15, -0.1) is 11.3 Å². The molecule has 1 aliphatic rings. The molecule has 0 spiro atoms. The monoisotopic (exact) mass is 295 g/mol. The van der Waals surface area contributed by atoms with E-state index in [4.69, 9.17) is 0 Å². The van der Waals surface area contributed by atoms with Crippen molar-refractivity contribution in [3.63, 3.8) is 0 Å². The first-order valence-electron chi connectivity index (χ1n) is 7.38.